The molecule has 0 spiro atoms. The van der Waals surface area contributed by atoms with E-state index in [1.807, 2.05) is 30.1 Å². The van der Waals surface area contributed by atoms with Gasteiger partial charge in [0.2, 0.25) is 41.4 Å². The number of nitrogens with zero attached hydrogens (tertiary/aromatic N) is 2. The number of benzene rings is 3. The first-order valence-corrected chi connectivity index (χ1v) is 53.3. The van der Waals surface area contributed by atoms with Gasteiger partial charge >= 0.3 is 18.2 Å². The van der Waals surface area contributed by atoms with Crippen LogP contribution in [0.5, 0.6) is 0 Å². The third kappa shape index (κ3) is 35.7. The number of quaternary nitrogens is 1. The number of carbonyl (C=O) groups is 11. The Kier molecular flexibility index (Phi) is 46.3. The largest absolute Gasteiger partial charge is 0.449 e. The number of nitrogens with one attached hydrogen (secondary N) is 11. The smallest absolute Gasteiger partial charge is 0.411 e. The fraction of sp³-hybridized carbons (Fsp3) is 0.697. The Morgan fingerprint density at radius 2 is 1.09 bits per heavy atom. The first kappa shape index (κ1) is 115. The molecular weight excluding hydrogens is 1860 g/mol. The number of Topliss-reactive ketones (excluding diaryl/α,β-unsaturated/α-hetero) is 1. The molecule has 2 unspecified atom stereocenters. The summed E-state index contributed by atoms with van der Waals surface area (Å²) in [5, 5.41) is 27.9. The molecule has 3 fully saturated rings. The van der Waals surface area contributed by atoms with Crippen molar-refractivity contribution in [3.63, 3.8) is 0 Å². The number of allylic oxidation sites excluding steroid dienone is 1. The van der Waals surface area contributed by atoms with Crippen molar-refractivity contribution in [1.29, 1.82) is 0 Å². The number of urea groups is 1. The maximum Gasteiger partial charge on any atom is 0.411 e. The maximum absolute atomic E-state index is 15.0. The van der Waals surface area contributed by atoms with Crippen molar-refractivity contribution >= 4 is 76.7 Å². The van der Waals surface area contributed by atoms with Gasteiger partial charge in [0.05, 0.1) is 181 Å². The molecule has 36 heteroatoms. The first-order chi connectivity index (χ1) is 69.7. The van der Waals surface area contributed by atoms with Gasteiger partial charge in [-0.05, 0) is 221 Å². The number of imide groups is 1. The fourth-order valence-corrected chi connectivity index (χ4v) is 22.5. The lowest BCUT2D eigenvalue weighted by atomic mass is 9.49. The number of hydrogen-bond acceptors (Lipinski definition) is 25. The molecule has 0 bridgehead atoms. The summed E-state index contributed by atoms with van der Waals surface area (Å²) in [6, 6.07) is 16.4. The fourth-order valence-electron chi connectivity index (χ4n) is 22.5. The molecule has 11 rings (SSSR count). The number of rotatable bonds is 61. The molecule has 13 atom stereocenters. The molecule has 1 aliphatic heterocycles. The molecule has 0 radical (unpaired) electrons. The number of hydrogen-bond donors (Lipinski definition) is 12. The number of alkyl carbamates (subject to hydrolysis) is 1. The monoisotopic (exact) mass is 2020 g/mol. The highest BCUT2D eigenvalue weighted by atomic mass is 16.6. The number of aryl methyl sites for hydroxylation is 3. The van der Waals surface area contributed by atoms with E-state index in [4.69, 9.17) is 57.8 Å². The minimum absolute atomic E-state index is 0.00263. The molecule has 1 heterocycles. The topological polar surface area (TPSA) is 451 Å². The summed E-state index contributed by atoms with van der Waals surface area (Å²) in [5.74, 6) is 3.83. The zero-order chi connectivity index (χ0) is 104. The van der Waals surface area contributed by atoms with Crippen LogP contribution in [0.4, 0.5) is 25.8 Å². The molecular formula is C109H167N14O22+. The van der Waals surface area contributed by atoms with Crippen LogP contribution < -0.4 is 64.5 Å². The Morgan fingerprint density at radius 3 is 1.70 bits per heavy atom. The van der Waals surface area contributed by atoms with Gasteiger partial charge < -0.3 is 105 Å². The zero-order valence-corrected chi connectivity index (χ0v) is 87.8. The summed E-state index contributed by atoms with van der Waals surface area (Å²) in [4.78, 5) is 151. The number of hydrazine groups is 2. The molecule has 145 heavy (non-hydrogen) atoms. The molecule has 804 valence electrons. The number of unbranched alkanes of at least 4 members (excludes halogenated alkanes) is 1. The molecule has 3 aromatic carbocycles. The summed E-state index contributed by atoms with van der Waals surface area (Å²) in [7, 11) is 6.23. The van der Waals surface area contributed by atoms with E-state index >= 15 is 0 Å². The van der Waals surface area contributed by atoms with E-state index in [1.54, 1.807) is 38.1 Å². The number of likely N-dealkylation sites (N-methyl/N-ethyl adjacent to an activating group) is 1. The third-order valence-corrected chi connectivity index (χ3v) is 30.6. The van der Waals surface area contributed by atoms with Gasteiger partial charge in [0.15, 0.2) is 5.78 Å². The van der Waals surface area contributed by atoms with Crippen LogP contribution in [-0.4, -0.2) is 272 Å². The number of anilines is 2. The van der Waals surface area contributed by atoms with Crippen molar-refractivity contribution in [1.82, 2.24) is 53.2 Å². The second kappa shape index (κ2) is 58.2. The van der Waals surface area contributed by atoms with E-state index in [0.29, 0.717) is 172 Å². The van der Waals surface area contributed by atoms with Gasteiger partial charge in [0, 0.05) is 69.0 Å². The lowest BCUT2D eigenvalue weighted by Crippen LogP contribution is -2.60. The van der Waals surface area contributed by atoms with Gasteiger partial charge in [-0.2, -0.15) is 0 Å². The number of fused-ring (bicyclic) bond motifs is 7. The Hall–Kier alpha value is -9.91. The summed E-state index contributed by atoms with van der Waals surface area (Å²) >= 11 is 0. The molecule has 13 N–H and O–H groups in total. The molecule has 0 saturated heterocycles. The SMILES string of the molecule is Cc1ccc2c(c1)[C@@]1(C)CCC[C@](C)(C(=O)NC(=O)[C@@]3(C)CCC[C@]4(C)c5cc(NC(=O)OCc6ccc(NC(=O)[C@H](CCCNC(N)=O)CC(=O)[C@@H](NC(=O)[C@@H](CCCCNC(=O)COC7CCCCCC8=C7NNN8CCOCCOCCOCCOCCC(=O)NCC[N+](C)(C)C)NC(=O)CCOCCOCCOCCOCCNC(=O)OCC7[C@H]8CCC#CCC[C@@H]78)C(C)C)cc6)ccc5CC[C@@H]34)[C@@H]1CC2. The minimum Gasteiger partial charge on any atom is -0.449 e. The van der Waals surface area contributed by atoms with Gasteiger partial charge in [-0.1, -0.05) is 109 Å². The van der Waals surface area contributed by atoms with Crippen LogP contribution in [-0.2, 0) is 121 Å². The summed E-state index contributed by atoms with van der Waals surface area (Å²) < 4.78 is 63.8. The van der Waals surface area contributed by atoms with Crippen LogP contribution in [0.15, 0.2) is 72.1 Å². The Balaban J connectivity index is 0.622. The van der Waals surface area contributed by atoms with E-state index in [-0.39, 0.29) is 132 Å². The van der Waals surface area contributed by atoms with E-state index < -0.39 is 81.9 Å². The number of primary amides is 1. The highest BCUT2D eigenvalue weighted by molar-refractivity contribution is 6.01. The predicted molar refractivity (Wildman–Crippen MR) is 548 cm³/mol. The van der Waals surface area contributed by atoms with Gasteiger partial charge in [-0.15, -0.1) is 17.4 Å². The Morgan fingerprint density at radius 1 is 0.524 bits per heavy atom. The average molecular weight is 2030 g/mol. The summed E-state index contributed by atoms with van der Waals surface area (Å²) in [5.41, 5.74) is 19.5. The molecule has 7 aliphatic carbocycles. The van der Waals surface area contributed by atoms with Crippen molar-refractivity contribution in [2.24, 2.45) is 58.0 Å². The van der Waals surface area contributed by atoms with E-state index in [9.17, 15) is 52.7 Å². The van der Waals surface area contributed by atoms with Crippen molar-refractivity contribution in [3.8, 4) is 11.8 Å². The van der Waals surface area contributed by atoms with Crippen LogP contribution >= 0.6 is 0 Å². The Labute approximate surface area is 857 Å². The van der Waals surface area contributed by atoms with Gasteiger partial charge in [-0.25, -0.2) is 14.4 Å². The number of ether oxygens (including phenoxy) is 11. The second-order valence-corrected chi connectivity index (χ2v) is 42.6. The molecule has 8 aliphatic rings. The van der Waals surface area contributed by atoms with Crippen molar-refractivity contribution in [2.45, 2.75) is 257 Å². The van der Waals surface area contributed by atoms with Crippen molar-refractivity contribution < 1.29 is 109 Å². The van der Waals surface area contributed by atoms with E-state index in [0.717, 1.165) is 143 Å². The van der Waals surface area contributed by atoms with Crippen LogP contribution in [0, 0.1) is 71.0 Å². The first-order valence-electron chi connectivity index (χ1n) is 53.3. The standard InChI is InChI=1S/C109H166N14O22/c1-75(2)97(90(124)70-80(23-20-48-113-103(110)132)99(128)115-81-36-30-77(31-37-81)72-144-105(134)116-82-38-33-79-35-40-93-107(5,87(79)71-82)44-22-46-109(93,7)102(131)119-101(130)108(6)45-21-43-106(4)86-69-76(3)29-32-78(86)34-39-92(106)108)118-100(129)88(117-95(126)42-54-136-58-62-140-65-67-141-63-59-137-55-50-114-104(133)145-73-85-83-24-14-11-12-15-25-84(83)85)26-18-19-47-111-96(127)74-143-91-28-17-13-16-27-89-98(91)120-121-122(89)51-56-138-60-64-142-68-66-139-61-57-135-53-41-94(125)112-49-52-123(8,9)10/h29-33,36-38,69,71,75,80,83-85,88,91-93,97,120-121H,13-28,34-35,39-68,70,72-74H2,1-10H3,(H10-,110,111,112,113,114,115,116,117,118,119,125,126,127,128,129,130,131,132,133,134)/p+1/t80-,83-,84+,85?,88-,91?,92-,93-,97+,106-,107-,108+,109+/m1/s1. The molecule has 36 nitrogen and oxygen atoms in total. The normalized spacial score (nSPS) is 23.0. The zero-order valence-electron chi connectivity index (χ0n) is 87.8. The van der Waals surface area contributed by atoms with Gasteiger partial charge in [0.1, 0.15) is 25.4 Å². The minimum atomic E-state index is -1.13. The van der Waals surface area contributed by atoms with Gasteiger partial charge in [0.25, 0.3) is 0 Å². The summed E-state index contributed by atoms with van der Waals surface area (Å²) in [6.07, 6.45) is 16.3. The molecule has 3 aromatic rings. The highest BCUT2D eigenvalue weighted by Gasteiger charge is 2.59. The lowest BCUT2D eigenvalue weighted by molar-refractivity contribution is -0.869. The second-order valence-electron chi connectivity index (χ2n) is 42.6. The third-order valence-electron chi connectivity index (χ3n) is 30.6. The van der Waals surface area contributed by atoms with Crippen LogP contribution in [0.1, 0.15) is 235 Å². The quantitative estimate of drug-likeness (QED) is 0.0108. The molecule has 0 aromatic heterocycles. The van der Waals surface area contributed by atoms with Crippen molar-refractivity contribution in [2.75, 3.05) is 190 Å². The Bertz CT molecular complexity index is 4810. The van der Waals surface area contributed by atoms with E-state index in [1.165, 1.54) is 16.7 Å². The summed E-state index contributed by atoms with van der Waals surface area (Å²) in [6.45, 7) is 22.2. The highest BCUT2D eigenvalue weighted by Crippen LogP contribution is 2.60. The van der Waals surface area contributed by atoms with Crippen LogP contribution in [0.2, 0.25) is 0 Å². The van der Waals surface area contributed by atoms with Crippen LogP contribution in [0.3, 0.4) is 0 Å². The van der Waals surface area contributed by atoms with Crippen LogP contribution in [0.25, 0.3) is 0 Å². The number of nitrogens with two attached hydrogens (primary N) is 1. The van der Waals surface area contributed by atoms with Crippen molar-refractivity contribution in [3.05, 3.63) is 105 Å². The molecule has 3 saturated carbocycles. The molecule has 11 amide bonds. The number of ketones is 1. The predicted octanol–water partition coefficient (Wildman–Crippen LogP) is 10.8. The number of amides is 11. The number of carbonyl (C=O) groups excluding carboxylic acids is 11. The lowest BCUT2D eigenvalue weighted by Gasteiger charge is -2.56. The van der Waals surface area contributed by atoms with Gasteiger partial charge in [-0.3, -0.25) is 54.0 Å². The average Bonchev–Trinajstić information content (AvgIpc) is 0.914. The van der Waals surface area contributed by atoms with E-state index in [2.05, 4.69) is 138 Å². The maximum atomic E-state index is 15.0.